The smallest absolute Gasteiger partial charge is 0.149 e. The summed E-state index contributed by atoms with van der Waals surface area (Å²) in [6, 6.07) is 6.20. The van der Waals surface area contributed by atoms with Gasteiger partial charge in [-0.3, -0.25) is 0 Å². The molecule has 0 radical (unpaired) electrons. The Hall–Kier alpha value is -1.64. The van der Waals surface area contributed by atoms with Crippen LogP contribution in [0.4, 0.5) is 5.82 Å². The molecule has 0 atom stereocenters. The Morgan fingerprint density at radius 3 is 2.75 bits per heavy atom. The van der Waals surface area contributed by atoms with Crippen LogP contribution in [0.25, 0.3) is 10.9 Å². The first kappa shape index (κ1) is 9.58. The van der Waals surface area contributed by atoms with Crippen LogP contribution in [0.3, 0.4) is 0 Å². The maximum Gasteiger partial charge on any atom is 0.149 e. The molecule has 1 aliphatic rings. The molecule has 2 heterocycles. The lowest BCUT2D eigenvalue weighted by Crippen LogP contribution is -1.99. The van der Waals surface area contributed by atoms with Crippen LogP contribution in [-0.2, 0) is 0 Å². The predicted octanol–water partition coefficient (Wildman–Crippen LogP) is 2.87. The van der Waals surface area contributed by atoms with E-state index < -0.39 is 0 Å². The highest BCUT2D eigenvalue weighted by Gasteiger charge is 2.18. The van der Waals surface area contributed by atoms with Crippen molar-refractivity contribution in [3.8, 4) is 0 Å². The third kappa shape index (κ3) is 1.52. The van der Waals surface area contributed by atoms with Crippen molar-refractivity contribution in [1.29, 1.82) is 0 Å². The summed E-state index contributed by atoms with van der Waals surface area (Å²) >= 11 is 0. The number of aromatic nitrogens is 2. The fourth-order valence-corrected chi connectivity index (χ4v) is 2.53. The van der Waals surface area contributed by atoms with Gasteiger partial charge in [0.2, 0.25) is 0 Å². The zero-order valence-corrected chi connectivity index (χ0v) is 9.19. The number of nitrogen functional groups attached to an aromatic ring is 1. The second-order valence-electron chi connectivity index (χ2n) is 4.49. The molecule has 16 heavy (non-hydrogen) atoms. The van der Waals surface area contributed by atoms with Crippen LogP contribution in [-0.4, -0.2) is 9.97 Å². The summed E-state index contributed by atoms with van der Waals surface area (Å²) in [5.41, 5.74) is 7.89. The van der Waals surface area contributed by atoms with E-state index in [-0.39, 0.29) is 0 Å². The summed E-state index contributed by atoms with van der Waals surface area (Å²) in [6.45, 7) is 0. The van der Waals surface area contributed by atoms with Crippen molar-refractivity contribution in [2.45, 2.75) is 31.6 Å². The Balaban J connectivity index is 2.10. The van der Waals surface area contributed by atoms with E-state index in [1.807, 2.05) is 6.07 Å². The molecule has 0 spiro atoms. The topological polar surface area (TPSA) is 51.8 Å². The summed E-state index contributed by atoms with van der Waals surface area (Å²) in [4.78, 5) is 8.76. The van der Waals surface area contributed by atoms with Gasteiger partial charge in [-0.15, -0.1) is 0 Å². The lowest BCUT2D eigenvalue weighted by molar-refractivity contribution is 0.701. The molecule has 0 saturated heterocycles. The van der Waals surface area contributed by atoms with Gasteiger partial charge in [0, 0.05) is 23.2 Å². The van der Waals surface area contributed by atoms with Crippen LogP contribution in [0.1, 0.15) is 37.3 Å². The minimum absolute atomic E-state index is 0.539. The number of fused-ring (bicyclic) bond motifs is 1. The van der Waals surface area contributed by atoms with Crippen LogP contribution in [0, 0.1) is 0 Å². The number of hydrogen-bond donors (Lipinski definition) is 1. The van der Waals surface area contributed by atoms with E-state index in [4.69, 9.17) is 5.73 Å². The zero-order chi connectivity index (χ0) is 11.0. The Morgan fingerprint density at radius 1 is 1.12 bits per heavy atom. The van der Waals surface area contributed by atoms with Crippen molar-refractivity contribution in [3.05, 3.63) is 30.1 Å². The molecule has 2 N–H and O–H groups in total. The first-order valence-corrected chi connectivity index (χ1v) is 5.86. The number of rotatable bonds is 1. The molecule has 82 valence electrons. The Labute approximate surface area is 94.7 Å². The Morgan fingerprint density at radius 2 is 1.94 bits per heavy atom. The van der Waals surface area contributed by atoms with E-state index in [0.717, 1.165) is 10.9 Å². The summed E-state index contributed by atoms with van der Waals surface area (Å²) in [6.07, 6.45) is 6.91. The molecule has 3 nitrogen and oxygen atoms in total. The first-order chi connectivity index (χ1) is 7.84. The van der Waals surface area contributed by atoms with Gasteiger partial charge in [-0.25, -0.2) is 9.97 Å². The lowest BCUT2D eigenvalue weighted by Gasteiger charge is -2.09. The summed E-state index contributed by atoms with van der Waals surface area (Å²) in [7, 11) is 0. The maximum absolute atomic E-state index is 5.85. The molecule has 0 unspecified atom stereocenters. The zero-order valence-electron chi connectivity index (χ0n) is 9.19. The molecule has 1 aliphatic carbocycles. The average molecular weight is 213 g/mol. The number of anilines is 1. The quantitative estimate of drug-likeness (QED) is 0.792. The monoisotopic (exact) mass is 213 g/mol. The van der Waals surface area contributed by atoms with E-state index in [1.165, 1.54) is 31.4 Å². The molecule has 2 aromatic rings. The van der Waals surface area contributed by atoms with Crippen molar-refractivity contribution in [2.75, 3.05) is 5.73 Å². The summed E-state index contributed by atoms with van der Waals surface area (Å²) < 4.78 is 0. The van der Waals surface area contributed by atoms with Gasteiger partial charge >= 0.3 is 0 Å². The van der Waals surface area contributed by atoms with Gasteiger partial charge in [0.25, 0.3) is 0 Å². The molecule has 1 fully saturated rings. The standard InChI is InChI=1S/C13H15N3/c14-13-12-10(7-8-15-13)5-6-11(16-12)9-3-1-2-4-9/h5-9H,1-4H2,(H2,14,15). The second kappa shape index (κ2) is 3.74. The molecule has 3 heteroatoms. The third-order valence-corrected chi connectivity index (χ3v) is 3.43. The van der Waals surface area contributed by atoms with Gasteiger partial charge in [-0.05, 0) is 25.0 Å². The van der Waals surface area contributed by atoms with Gasteiger partial charge in [0.1, 0.15) is 11.3 Å². The number of nitrogens with two attached hydrogens (primary N) is 1. The molecule has 0 amide bonds. The summed E-state index contributed by atoms with van der Waals surface area (Å²) in [5, 5.41) is 1.08. The maximum atomic E-state index is 5.85. The van der Waals surface area contributed by atoms with Crippen molar-refractivity contribution in [1.82, 2.24) is 9.97 Å². The highest BCUT2D eigenvalue weighted by molar-refractivity contribution is 5.86. The number of nitrogens with zero attached hydrogens (tertiary/aromatic N) is 2. The Kier molecular flexibility index (Phi) is 2.24. The SMILES string of the molecule is Nc1nccc2ccc(C3CCCC3)nc12. The molecular formula is C13H15N3. The number of hydrogen-bond acceptors (Lipinski definition) is 3. The third-order valence-electron chi connectivity index (χ3n) is 3.43. The average Bonchev–Trinajstić information content (AvgIpc) is 2.83. The van der Waals surface area contributed by atoms with Gasteiger partial charge in [-0.2, -0.15) is 0 Å². The van der Waals surface area contributed by atoms with Crippen molar-refractivity contribution in [2.24, 2.45) is 0 Å². The van der Waals surface area contributed by atoms with Crippen LogP contribution >= 0.6 is 0 Å². The predicted molar refractivity (Wildman–Crippen MR) is 65.2 cm³/mol. The first-order valence-electron chi connectivity index (χ1n) is 5.86. The highest BCUT2D eigenvalue weighted by Crippen LogP contribution is 2.33. The van der Waals surface area contributed by atoms with Gasteiger partial charge in [0.15, 0.2) is 0 Å². The molecule has 0 bridgehead atoms. The van der Waals surface area contributed by atoms with Crippen LogP contribution in [0.5, 0.6) is 0 Å². The fraction of sp³-hybridized carbons (Fsp3) is 0.385. The van der Waals surface area contributed by atoms with Crippen LogP contribution < -0.4 is 5.73 Å². The normalized spacial score (nSPS) is 17.0. The van der Waals surface area contributed by atoms with E-state index in [9.17, 15) is 0 Å². The lowest BCUT2D eigenvalue weighted by atomic mass is 10.0. The van der Waals surface area contributed by atoms with Crippen LogP contribution in [0.2, 0.25) is 0 Å². The molecule has 0 aliphatic heterocycles. The van der Waals surface area contributed by atoms with Gasteiger partial charge in [-0.1, -0.05) is 18.9 Å². The van der Waals surface area contributed by atoms with Crippen molar-refractivity contribution < 1.29 is 0 Å². The molecule has 2 aromatic heterocycles. The van der Waals surface area contributed by atoms with Crippen molar-refractivity contribution in [3.63, 3.8) is 0 Å². The van der Waals surface area contributed by atoms with E-state index in [2.05, 4.69) is 22.1 Å². The largest absolute Gasteiger partial charge is 0.382 e. The molecule has 0 aromatic carbocycles. The number of pyridine rings is 2. The Bertz CT molecular complexity index is 516. The minimum atomic E-state index is 0.539. The van der Waals surface area contributed by atoms with Crippen molar-refractivity contribution >= 4 is 16.7 Å². The van der Waals surface area contributed by atoms with E-state index in [1.54, 1.807) is 6.20 Å². The second-order valence-corrected chi connectivity index (χ2v) is 4.49. The molecule has 1 saturated carbocycles. The summed E-state index contributed by atoms with van der Waals surface area (Å²) in [5.74, 6) is 1.17. The van der Waals surface area contributed by atoms with Gasteiger partial charge < -0.3 is 5.73 Å². The molecule has 3 rings (SSSR count). The van der Waals surface area contributed by atoms with E-state index in [0.29, 0.717) is 11.7 Å². The minimum Gasteiger partial charge on any atom is -0.382 e. The highest BCUT2D eigenvalue weighted by atomic mass is 14.9. The fourth-order valence-electron chi connectivity index (χ4n) is 2.53. The van der Waals surface area contributed by atoms with Crippen LogP contribution in [0.15, 0.2) is 24.4 Å². The van der Waals surface area contributed by atoms with E-state index >= 15 is 0 Å². The molecular weight excluding hydrogens is 198 g/mol. The van der Waals surface area contributed by atoms with Gasteiger partial charge in [0.05, 0.1) is 0 Å².